The monoisotopic (exact) mass is 577 g/mol. The molecule has 1 aromatic carbocycles. The molecular weight excluding hydrogens is 542 g/mol. The topological polar surface area (TPSA) is 123 Å². The number of nitrogens with zero attached hydrogens (tertiary/aromatic N) is 1. The van der Waals surface area contributed by atoms with Crippen LogP contribution in [0.15, 0.2) is 18.2 Å². The molecule has 0 bridgehead atoms. The number of amides is 1. The zero-order valence-corrected chi connectivity index (χ0v) is 25.1. The van der Waals surface area contributed by atoms with Crippen LogP contribution >= 0.6 is 23.6 Å². The van der Waals surface area contributed by atoms with E-state index in [0.29, 0.717) is 34.2 Å². The smallest absolute Gasteiger partial charge is 0.341 e. The molecule has 2 N–H and O–H groups in total. The molecule has 0 atom stereocenters. The SMILES string of the molecule is CCN(CC)C(=O)c1sc(NC(=S)Nc2cc(C(=O)OC(C)C)cc(C(=O)OC(C)C)c2)c(C(=O)OC)c1C. The second kappa shape index (κ2) is 14.0. The molecule has 1 heterocycles. The van der Waals surface area contributed by atoms with E-state index in [9.17, 15) is 19.2 Å². The lowest BCUT2D eigenvalue weighted by Crippen LogP contribution is -2.30. The number of ether oxygens (including phenoxy) is 3. The zero-order valence-electron chi connectivity index (χ0n) is 23.4. The van der Waals surface area contributed by atoms with Crippen molar-refractivity contribution in [2.24, 2.45) is 0 Å². The molecule has 0 unspecified atom stereocenters. The van der Waals surface area contributed by atoms with Crippen LogP contribution in [0.2, 0.25) is 0 Å². The second-order valence-corrected chi connectivity index (χ2v) is 10.4. The summed E-state index contributed by atoms with van der Waals surface area (Å²) in [7, 11) is 1.26. The highest BCUT2D eigenvalue weighted by Crippen LogP contribution is 2.35. The minimum absolute atomic E-state index is 0.0563. The van der Waals surface area contributed by atoms with Crippen molar-refractivity contribution in [3.63, 3.8) is 0 Å². The molecule has 39 heavy (non-hydrogen) atoms. The van der Waals surface area contributed by atoms with Gasteiger partial charge >= 0.3 is 17.9 Å². The molecule has 0 radical (unpaired) electrons. The zero-order chi connectivity index (χ0) is 29.4. The number of hydrogen-bond acceptors (Lipinski definition) is 9. The lowest BCUT2D eigenvalue weighted by atomic mass is 10.1. The van der Waals surface area contributed by atoms with E-state index < -0.39 is 17.9 Å². The molecule has 2 aromatic rings. The van der Waals surface area contributed by atoms with E-state index in [1.54, 1.807) is 39.5 Å². The molecule has 0 aliphatic heterocycles. The maximum atomic E-state index is 13.1. The van der Waals surface area contributed by atoms with E-state index in [1.807, 2.05) is 13.8 Å². The fourth-order valence-electron chi connectivity index (χ4n) is 3.57. The van der Waals surface area contributed by atoms with Gasteiger partial charge in [-0.25, -0.2) is 14.4 Å². The third-order valence-electron chi connectivity index (χ3n) is 5.36. The Morgan fingerprint density at radius 1 is 0.897 bits per heavy atom. The number of thiophene rings is 1. The van der Waals surface area contributed by atoms with E-state index in [1.165, 1.54) is 25.3 Å². The lowest BCUT2D eigenvalue weighted by Gasteiger charge is -2.18. The number of carbonyl (C=O) groups is 4. The Hall–Kier alpha value is -3.51. The van der Waals surface area contributed by atoms with Crippen LogP contribution in [-0.2, 0) is 14.2 Å². The lowest BCUT2D eigenvalue weighted by molar-refractivity contribution is 0.0376. The maximum Gasteiger partial charge on any atom is 0.341 e. The van der Waals surface area contributed by atoms with Crippen molar-refractivity contribution in [2.45, 2.75) is 60.7 Å². The fraction of sp³-hybridized carbons (Fsp3) is 0.444. The van der Waals surface area contributed by atoms with Gasteiger partial charge in [0.2, 0.25) is 0 Å². The van der Waals surface area contributed by atoms with Gasteiger partial charge in [0, 0.05) is 18.8 Å². The van der Waals surface area contributed by atoms with Gasteiger partial charge in [0.1, 0.15) is 5.00 Å². The molecule has 212 valence electrons. The highest BCUT2D eigenvalue weighted by Gasteiger charge is 2.28. The van der Waals surface area contributed by atoms with Gasteiger partial charge in [-0.1, -0.05) is 0 Å². The maximum absolute atomic E-state index is 13.1. The number of benzene rings is 1. The van der Waals surface area contributed by atoms with E-state index >= 15 is 0 Å². The summed E-state index contributed by atoms with van der Waals surface area (Å²) in [6, 6.07) is 4.36. The molecule has 0 fully saturated rings. The van der Waals surface area contributed by atoms with Crippen molar-refractivity contribution in [2.75, 3.05) is 30.8 Å². The van der Waals surface area contributed by atoms with Crippen molar-refractivity contribution in [3.05, 3.63) is 45.3 Å². The van der Waals surface area contributed by atoms with Gasteiger partial charge in [-0.3, -0.25) is 4.79 Å². The molecule has 12 heteroatoms. The predicted octanol–water partition coefficient (Wildman–Crippen LogP) is 5.26. The quantitative estimate of drug-likeness (QED) is 0.219. The minimum atomic E-state index is -0.621. The summed E-state index contributed by atoms with van der Waals surface area (Å²) in [5, 5.41) is 6.28. The van der Waals surface area contributed by atoms with Crippen molar-refractivity contribution in [1.82, 2.24) is 4.90 Å². The molecule has 0 aliphatic rings. The van der Waals surface area contributed by atoms with Crippen molar-refractivity contribution in [3.8, 4) is 0 Å². The first-order valence-corrected chi connectivity index (χ1v) is 13.7. The number of methoxy groups -OCH3 is 1. The Kier molecular flexibility index (Phi) is 11.4. The Morgan fingerprint density at radius 2 is 1.41 bits per heavy atom. The molecule has 2 rings (SSSR count). The number of rotatable bonds is 10. The summed E-state index contributed by atoms with van der Waals surface area (Å²) in [6.45, 7) is 13.3. The molecule has 0 saturated heterocycles. The average Bonchev–Trinajstić information content (AvgIpc) is 3.18. The predicted molar refractivity (Wildman–Crippen MR) is 155 cm³/mol. The summed E-state index contributed by atoms with van der Waals surface area (Å²) in [5.41, 5.74) is 1.24. The number of esters is 3. The van der Waals surface area contributed by atoms with Crippen LogP contribution < -0.4 is 10.6 Å². The van der Waals surface area contributed by atoms with Gasteiger partial charge in [-0.15, -0.1) is 11.3 Å². The number of anilines is 2. The normalized spacial score (nSPS) is 10.7. The van der Waals surface area contributed by atoms with E-state index in [2.05, 4.69) is 10.6 Å². The van der Waals surface area contributed by atoms with Gasteiger partial charge in [0.25, 0.3) is 5.91 Å². The molecular formula is C27H35N3O7S2. The van der Waals surface area contributed by atoms with E-state index in [4.69, 9.17) is 26.4 Å². The van der Waals surface area contributed by atoms with Gasteiger partial charge in [-0.05, 0) is 84.4 Å². The Balaban J connectivity index is 2.44. The van der Waals surface area contributed by atoms with Crippen LogP contribution in [-0.4, -0.2) is 66.2 Å². The Bertz CT molecular complexity index is 1210. The summed E-state index contributed by atoms with van der Waals surface area (Å²) >= 11 is 6.57. The first-order chi connectivity index (χ1) is 18.3. The van der Waals surface area contributed by atoms with E-state index in [-0.39, 0.29) is 39.9 Å². The summed E-state index contributed by atoms with van der Waals surface area (Å²) in [6.07, 6.45) is -0.732. The van der Waals surface area contributed by atoms with Crippen LogP contribution in [0, 0.1) is 6.92 Å². The first-order valence-electron chi connectivity index (χ1n) is 12.5. The largest absolute Gasteiger partial charge is 0.465 e. The number of hydrogen-bond donors (Lipinski definition) is 2. The van der Waals surface area contributed by atoms with Crippen LogP contribution in [0.5, 0.6) is 0 Å². The van der Waals surface area contributed by atoms with Crippen LogP contribution in [0.4, 0.5) is 10.7 Å². The number of nitrogens with one attached hydrogen (secondary N) is 2. The summed E-state index contributed by atoms with van der Waals surface area (Å²) < 4.78 is 15.5. The molecule has 10 nitrogen and oxygen atoms in total. The van der Waals surface area contributed by atoms with Gasteiger partial charge in [0.15, 0.2) is 5.11 Å². The van der Waals surface area contributed by atoms with Crippen molar-refractivity contribution in [1.29, 1.82) is 0 Å². The summed E-state index contributed by atoms with van der Waals surface area (Å²) in [4.78, 5) is 52.9. The van der Waals surface area contributed by atoms with Gasteiger partial charge in [-0.2, -0.15) is 0 Å². The molecule has 1 amide bonds. The highest BCUT2D eigenvalue weighted by molar-refractivity contribution is 7.80. The second-order valence-electron chi connectivity index (χ2n) is 9.02. The standard InChI is InChI=1S/C27H35N3O7S2/c1-9-30(10-2)23(31)21-16(7)20(26(34)35-8)22(39-21)29-27(38)28-19-12-17(24(32)36-14(3)4)11-18(13-19)25(33)37-15(5)6/h11-15H,9-10H2,1-8H3,(H2,28,29,38). The van der Waals surface area contributed by atoms with Crippen molar-refractivity contribution < 1.29 is 33.4 Å². The first kappa shape index (κ1) is 31.7. The minimum Gasteiger partial charge on any atom is -0.465 e. The van der Waals surface area contributed by atoms with Crippen molar-refractivity contribution >= 4 is 63.2 Å². The molecule has 0 aliphatic carbocycles. The van der Waals surface area contributed by atoms with Gasteiger partial charge < -0.3 is 29.7 Å². The molecule has 0 spiro atoms. The third-order valence-corrected chi connectivity index (χ3v) is 6.76. The molecule has 0 saturated carbocycles. The Labute approximate surface area is 238 Å². The van der Waals surface area contributed by atoms with Gasteiger partial charge in [0.05, 0.1) is 40.9 Å². The highest BCUT2D eigenvalue weighted by atomic mass is 32.1. The average molecular weight is 578 g/mol. The van der Waals surface area contributed by atoms with E-state index in [0.717, 1.165) is 11.3 Å². The number of thiocarbonyl (C=S) groups is 1. The molecule has 1 aromatic heterocycles. The van der Waals surface area contributed by atoms with Crippen LogP contribution in [0.3, 0.4) is 0 Å². The number of carbonyl (C=O) groups excluding carboxylic acids is 4. The Morgan fingerprint density at radius 3 is 1.85 bits per heavy atom. The summed E-state index contributed by atoms with van der Waals surface area (Å²) in [5.74, 6) is -2.06. The third kappa shape index (κ3) is 8.24. The van der Waals surface area contributed by atoms with Crippen LogP contribution in [0.25, 0.3) is 0 Å². The van der Waals surface area contributed by atoms with Crippen LogP contribution in [0.1, 0.15) is 87.9 Å². The fourth-order valence-corrected chi connectivity index (χ4v) is 5.02.